The molecule has 0 saturated carbocycles. The van der Waals surface area contributed by atoms with Crippen molar-refractivity contribution in [3.8, 4) is 0 Å². The van der Waals surface area contributed by atoms with Crippen LogP contribution in [0.1, 0.15) is 26.7 Å². The van der Waals surface area contributed by atoms with Crippen LogP contribution in [0, 0.1) is 6.92 Å². The standard InChI is InChI=1S/C12H20N4O3/c1-8-13-14-10(18-8)15(5)9-6-16(7-9)11(17)19-12(2,3)4/h9H,6-7H2,1-5H3. The average Bonchev–Trinajstić information content (AvgIpc) is 2.59. The van der Waals surface area contributed by atoms with Crippen LogP contribution in [0.3, 0.4) is 0 Å². The molecule has 0 radical (unpaired) electrons. The van der Waals surface area contributed by atoms with Crippen molar-refractivity contribution < 1.29 is 13.9 Å². The van der Waals surface area contributed by atoms with Gasteiger partial charge in [0.05, 0.1) is 6.04 Å². The highest BCUT2D eigenvalue weighted by Crippen LogP contribution is 2.21. The van der Waals surface area contributed by atoms with Gasteiger partial charge in [-0.3, -0.25) is 0 Å². The van der Waals surface area contributed by atoms with Crippen molar-refractivity contribution in [1.29, 1.82) is 0 Å². The van der Waals surface area contributed by atoms with Gasteiger partial charge in [0.2, 0.25) is 5.89 Å². The summed E-state index contributed by atoms with van der Waals surface area (Å²) in [5, 5.41) is 7.74. The Hall–Kier alpha value is -1.79. The van der Waals surface area contributed by atoms with Gasteiger partial charge in [-0.15, -0.1) is 5.10 Å². The summed E-state index contributed by atoms with van der Waals surface area (Å²) in [6.07, 6.45) is -0.279. The number of aromatic nitrogens is 2. The minimum Gasteiger partial charge on any atom is -0.444 e. The number of likely N-dealkylation sites (N-methyl/N-ethyl adjacent to an activating group) is 1. The average molecular weight is 268 g/mol. The molecule has 0 aromatic carbocycles. The molecule has 1 fully saturated rings. The van der Waals surface area contributed by atoms with Gasteiger partial charge in [0.15, 0.2) is 0 Å². The first kappa shape index (κ1) is 13.6. The van der Waals surface area contributed by atoms with Gasteiger partial charge in [0.1, 0.15) is 5.60 Å². The third kappa shape index (κ3) is 3.15. The fourth-order valence-corrected chi connectivity index (χ4v) is 1.76. The monoisotopic (exact) mass is 268 g/mol. The van der Waals surface area contributed by atoms with Crippen molar-refractivity contribution in [3.63, 3.8) is 0 Å². The summed E-state index contributed by atoms with van der Waals surface area (Å²) < 4.78 is 10.6. The number of likely N-dealkylation sites (tertiary alicyclic amines) is 1. The van der Waals surface area contributed by atoms with Crippen molar-refractivity contribution in [1.82, 2.24) is 15.1 Å². The summed E-state index contributed by atoms with van der Waals surface area (Å²) in [5.74, 6) is 0.533. The summed E-state index contributed by atoms with van der Waals surface area (Å²) in [5.41, 5.74) is -0.461. The predicted molar refractivity (Wildman–Crippen MR) is 69.0 cm³/mol. The maximum absolute atomic E-state index is 11.8. The van der Waals surface area contributed by atoms with E-state index in [1.165, 1.54) is 0 Å². The first-order chi connectivity index (χ1) is 8.76. The predicted octanol–water partition coefficient (Wildman–Crippen LogP) is 1.43. The molecule has 1 aliphatic rings. The van der Waals surface area contributed by atoms with Gasteiger partial charge in [-0.2, -0.15) is 0 Å². The molecule has 1 saturated heterocycles. The van der Waals surface area contributed by atoms with E-state index in [4.69, 9.17) is 9.15 Å². The summed E-state index contributed by atoms with van der Waals surface area (Å²) in [7, 11) is 1.88. The smallest absolute Gasteiger partial charge is 0.410 e. The lowest BCUT2D eigenvalue weighted by molar-refractivity contribution is 0.00818. The number of rotatable bonds is 2. The van der Waals surface area contributed by atoms with Crippen LogP contribution in [0.25, 0.3) is 0 Å². The van der Waals surface area contributed by atoms with Crippen LogP contribution in [0.15, 0.2) is 4.42 Å². The second-order valence-corrected chi connectivity index (χ2v) is 5.75. The Balaban J connectivity index is 1.84. The Morgan fingerprint density at radius 3 is 2.53 bits per heavy atom. The lowest BCUT2D eigenvalue weighted by atomic mass is 10.1. The van der Waals surface area contributed by atoms with Crippen LogP contribution in [0.2, 0.25) is 0 Å². The molecule has 1 amide bonds. The van der Waals surface area contributed by atoms with Crippen LogP contribution in [-0.2, 0) is 4.74 Å². The highest BCUT2D eigenvalue weighted by molar-refractivity contribution is 5.69. The Morgan fingerprint density at radius 1 is 1.42 bits per heavy atom. The molecule has 2 rings (SSSR count). The van der Waals surface area contributed by atoms with Crippen molar-refractivity contribution >= 4 is 12.1 Å². The highest BCUT2D eigenvalue weighted by atomic mass is 16.6. The molecule has 1 aromatic rings. The van der Waals surface area contributed by atoms with Gasteiger partial charge in [-0.1, -0.05) is 5.10 Å². The topological polar surface area (TPSA) is 71.7 Å². The summed E-state index contributed by atoms with van der Waals surface area (Å²) >= 11 is 0. The fourth-order valence-electron chi connectivity index (χ4n) is 1.76. The Labute approximate surface area is 112 Å². The SMILES string of the molecule is Cc1nnc(N(C)C2CN(C(=O)OC(C)(C)C)C2)o1. The molecular formula is C12H20N4O3. The normalized spacial score (nSPS) is 16.2. The first-order valence-corrected chi connectivity index (χ1v) is 6.27. The minimum absolute atomic E-state index is 0.187. The van der Waals surface area contributed by atoms with E-state index in [2.05, 4.69) is 10.2 Å². The van der Waals surface area contributed by atoms with E-state index in [1.807, 2.05) is 32.7 Å². The van der Waals surface area contributed by atoms with Crippen molar-refractivity contribution in [2.45, 2.75) is 39.3 Å². The first-order valence-electron chi connectivity index (χ1n) is 6.27. The molecule has 19 heavy (non-hydrogen) atoms. The second-order valence-electron chi connectivity index (χ2n) is 5.75. The molecule has 0 atom stereocenters. The number of amides is 1. The number of hydrogen-bond acceptors (Lipinski definition) is 6. The highest BCUT2D eigenvalue weighted by Gasteiger charge is 2.37. The van der Waals surface area contributed by atoms with Crippen molar-refractivity contribution in [2.24, 2.45) is 0 Å². The Morgan fingerprint density at radius 2 is 2.05 bits per heavy atom. The minimum atomic E-state index is -0.461. The van der Waals surface area contributed by atoms with Crippen molar-refractivity contribution in [2.75, 3.05) is 25.0 Å². The van der Waals surface area contributed by atoms with Crippen LogP contribution >= 0.6 is 0 Å². The summed E-state index contributed by atoms with van der Waals surface area (Å²) in [6, 6.07) is 0.665. The largest absolute Gasteiger partial charge is 0.444 e. The van der Waals surface area contributed by atoms with Crippen LogP contribution in [-0.4, -0.2) is 53.0 Å². The van der Waals surface area contributed by atoms with Crippen molar-refractivity contribution in [3.05, 3.63) is 5.89 Å². The van der Waals surface area contributed by atoms with Gasteiger partial charge in [-0.05, 0) is 20.8 Å². The number of aryl methyl sites for hydroxylation is 1. The third-order valence-electron chi connectivity index (χ3n) is 2.88. The third-order valence-corrected chi connectivity index (χ3v) is 2.88. The van der Waals surface area contributed by atoms with Gasteiger partial charge >= 0.3 is 12.1 Å². The molecular weight excluding hydrogens is 248 g/mol. The van der Waals surface area contributed by atoms with E-state index in [-0.39, 0.29) is 12.1 Å². The zero-order valence-corrected chi connectivity index (χ0v) is 12.0. The van der Waals surface area contributed by atoms with E-state index in [0.717, 1.165) is 0 Å². The molecule has 7 heteroatoms. The zero-order valence-electron chi connectivity index (χ0n) is 12.0. The van der Waals surface area contributed by atoms with Gasteiger partial charge in [0, 0.05) is 27.1 Å². The zero-order chi connectivity index (χ0) is 14.2. The van der Waals surface area contributed by atoms with E-state index < -0.39 is 5.60 Å². The quantitative estimate of drug-likeness (QED) is 0.808. The molecule has 0 N–H and O–H groups in total. The molecule has 0 spiro atoms. The van der Waals surface area contributed by atoms with E-state index in [0.29, 0.717) is 25.0 Å². The number of hydrogen-bond donors (Lipinski definition) is 0. The molecule has 1 aliphatic heterocycles. The molecule has 1 aromatic heterocycles. The van der Waals surface area contributed by atoms with Gasteiger partial charge in [-0.25, -0.2) is 4.79 Å². The van der Waals surface area contributed by atoms with E-state index in [9.17, 15) is 4.79 Å². The fraction of sp³-hybridized carbons (Fsp3) is 0.750. The Kier molecular flexibility index (Phi) is 3.38. The van der Waals surface area contributed by atoms with Crippen LogP contribution in [0.5, 0.6) is 0 Å². The Bertz CT molecular complexity index is 460. The molecule has 7 nitrogen and oxygen atoms in total. The van der Waals surface area contributed by atoms with E-state index >= 15 is 0 Å². The lowest BCUT2D eigenvalue weighted by Gasteiger charge is -2.43. The number of nitrogens with zero attached hydrogens (tertiary/aromatic N) is 4. The molecule has 106 valence electrons. The number of carbonyl (C=O) groups is 1. The summed E-state index contributed by atoms with van der Waals surface area (Å²) in [6.45, 7) is 8.53. The van der Waals surface area contributed by atoms with Gasteiger partial charge < -0.3 is 19.0 Å². The molecule has 0 unspecified atom stereocenters. The molecule has 0 aliphatic carbocycles. The maximum atomic E-state index is 11.8. The number of ether oxygens (including phenoxy) is 1. The second kappa shape index (κ2) is 4.71. The number of anilines is 1. The van der Waals surface area contributed by atoms with Crippen LogP contribution < -0.4 is 4.90 Å². The van der Waals surface area contributed by atoms with Gasteiger partial charge in [0.25, 0.3) is 0 Å². The molecule has 2 heterocycles. The maximum Gasteiger partial charge on any atom is 0.410 e. The number of carbonyl (C=O) groups excluding carboxylic acids is 1. The van der Waals surface area contributed by atoms with Crippen LogP contribution in [0.4, 0.5) is 10.8 Å². The summed E-state index contributed by atoms with van der Waals surface area (Å²) in [4.78, 5) is 15.3. The van der Waals surface area contributed by atoms with E-state index in [1.54, 1.807) is 11.8 Å². The lowest BCUT2D eigenvalue weighted by Crippen LogP contribution is -2.61. The molecule has 0 bridgehead atoms.